The predicted octanol–water partition coefficient (Wildman–Crippen LogP) is 4.09. The summed E-state index contributed by atoms with van der Waals surface area (Å²) in [7, 11) is -3.43. The molecule has 0 aromatic heterocycles. The minimum absolute atomic E-state index is 0.164. The Labute approximate surface area is 153 Å². The lowest BCUT2D eigenvalue weighted by Crippen LogP contribution is -2.15. The van der Waals surface area contributed by atoms with Gasteiger partial charge in [0.1, 0.15) is 0 Å². The Bertz CT molecular complexity index is 873. The van der Waals surface area contributed by atoms with Crippen LogP contribution < -0.4 is 10.0 Å². The van der Waals surface area contributed by atoms with Crippen LogP contribution in [-0.2, 0) is 22.9 Å². The lowest BCUT2D eigenvalue weighted by molar-refractivity contribution is 0.102. The van der Waals surface area contributed by atoms with E-state index in [0.717, 1.165) is 35.9 Å². The molecule has 0 saturated heterocycles. The molecule has 0 radical (unpaired) electrons. The van der Waals surface area contributed by atoms with E-state index in [1.54, 1.807) is 0 Å². The van der Waals surface area contributed by atoms with Crippen LogP contribution in [0.15, 0.2) is 36.4 Å². The second kappa shape index (κ2) is 7.89. The number of aryl methyl sites for hydroxylation is 2. The summed E-state index contributed by atoms with van der Waals surface area (Å²) in [4.78, 5) is 12.6. The number of hydrogen-bond acceptors (Lipinski definition) is 3. The Hall–Kier alpha value is -2.05. The fourth-order valence-corrected chi connectivity index (χ4v) is 3.39. The van der Waals surface area contributed by atoms with E-state index in [-0.39, 0.29) is 16.6 Å². The molecule has 2 aromatic carbocycles. The first-order valence-corrected chi connectivity index (χ1v) is 10.2. The Balaban J connectivity index is 2.29. The highest BCUT2D eigenvalue weighted by Crippen LogP contribution is 2.26. The fourth-order valence-electron chi connectivity index (χ4n) is 2.53. The maximum absolute atomic E-state index is 12.6. The molecule has 5 nitrogen and oxygen atoms in total. The summed E-state index contributed by atoms with van der Waals surface area (Å²) in [5, 5.41) is 3.12. The number of anilines is 2. The van der Waals surface area contributed by atoms with Crippen LogP contribution in [0.3, 0.4) is 0 Å². The smallest absolute Gasteiger partial charge is 0.255 e. The molecule has 0 bridgehead atoms. The third-order valence-corrected chi connectivity index (χ3v) is 4.67. The minimum Gasteiger partial charge on any atom is -0.321 e. The summed E-state index contributed by atoms with van der Waals surface area (Å²) in [5.41, 5.74) is 3.55. The lowest BCUT2D eigenvalue weighted by Gasteiger charge is -2.15. The molecule has 2 N–H and O–H groups in total. The molecule has 2 aromatic rings. The van der Waals surface area contributed by atoms with E-state index < -0.39 is 10.0 Å². The van der Waals surface area contributed by atoms with Gasteiger partial charge in [-0.3, -0.25) is 9.52 Å². The third-order valence-electron chi connectivity index (χ3n) is 3.76. The van der Waals surface area contributed by atoms with Crippen molar-refractivity contribution >= 4 is 38.9 Å². The number of hydrogen-bond donors (Lipinski definition) is 2. The minimum atomic E-state index is -3.43. The van der Waals surface area contributed by atoms with E-state index in [1.807, 2.05) is 32.0 Å². The molecular formula is C18H21ClN2O3S. The maximum atomic E-state index is 12.6. The number of nitrogens with one attached hydrogen (secondary N) is 2. The molecule has 134 valence electrons. The van der Waals surface area contributed by atoms with Crippen molar-refractivity contribution in [2.24, 2.45) is 0 Å². The Kier molecular flexibility index (Phi) is 6.08. The van der Waals surface area contributed by atoms with Crippen LogP contribution in [0.2, 0.25) is 5.02 Å². The number of carbonyl (C=O) groups excluding carboxylic acids is 1. The van der Waals surface area contributed by atoms with E-state index in [0.29, 0.717) is 5.56 Å². The van der Waals surface area contributed by atoms with Gasteiger partial charge in [-0.05, 0) is 42.2 Å². The van der Waals surface area contributed by atoms with Gasteiger partial charge in [0.15, 0.2) is 0 Å². The summed E-state index contributed by atoms with van der Waals surface area (Å²) in [6.07, 6.45) is 2.65. The van der Waals surface area contributed by atoms with Crippen molar-refractivity contribution in [3.05, 3.63) is 58.1 Å². The molecule has 1 amide bonds. The number of halogens is 1. The summed E-state index contributed by atoms with van der Waals surface area (Å²) < 4.78 is 24.9. The SMILES string of the molecule is CCc1cccc(CC)c1NC(=O)c1ccc(NS(C)(=O)=O)c(Cl)c1. The third kappa shape index (κ3) is 4.96. The van der Waals surface area contributed by atoms with E-state index in [1.165, 1.54) is 18.2 Å². The van der Waals surface area contributed by atoms with Gasteiger partial charge in [-0.25, -0.2) is 8.42 Å². The highest BCUT2D eigenvalue weighted by molar-refractivity contribution is 7.92. The van der Waals surface area contributed by atoms with E-state index in [4.69, 9.17) is 11.6 Å². The summed E-state index contributed by atoms with van der Waals surface area (Å²) in [6.45, 7) is 4.07. The van der Waals surface area contributed by atoms with E-state index >= 15 is 0 Å². The highest BCUT2D eigenvalue weighted by atomic mass is 35.5. The number of carbonyl (C=O) groups is 1. The summed E-state index contributed by atoms with van der Waals surface area (Å²) in [5.74, 6) is -0.289. The molecule has 0 aliphatic rings. The topological polar surface area (TPSA) is 75.3 Å². The van der Waals surface area contributed by atoms with Crippen molar-refractivity contribution in [1.29, 1.82) is 0 Å². The number of amides is 1. The van der Waals surface area contributed by atoms with Gasteiger partial charge in [-0.2, -0.15) is 0 Å². The van der Waals surface area contributed by atoms with Gasteiger partial charge in [0.2, 0.25) is 10.0 Å². The second-order valence-electron chi connectivity index (χ2n) is 5.68. The number of para-hydroxylation sites is 1. The van der Waals surface area contributed by atoms with Crippen molar-refractivity contribution < 1.29 is 13.2 Å². The Morgan fingerprint density at radius 1 is 1.08 bits per heavy atom. The lowest BCUT2D eigenvalue weighted by atomic mass is 10.0. The first-order chi connectivity index (χ1) is 11.7. The molecule has 0 aliphatic carbocycles. The van der Waals surface area contributed by atoms with Crippen LogP contribution in [0.25, 0.3) is 0 Å². The van der Waals surface area contributed by atoms with Crippen LogP contribution in [0.1, 0.15) is 35.3 Å². The summed E-state index contributed by atoms with van der Waals surface area (Å²) >= 11 is 6.09. The molecule has 25 heavy (non-hydrogen) atoms. The molecule has 2 rings (SSSR count). The van der Waals surface area contributed by atoms with E-state index in [9.17, 15) is 13.2 Å². The predicted molar refractivity (Wildman–Crippen MR) is 103 cm³/mol. The first kappa shape index (κ1) is 19.3. The number of rotatable bonds is 6. The van der Waals surface area contributed by atoms with Gasteiger partial charge in [0.05, 0.1) is 17.0 Å². The van der Waals surface area contributed by atoms with Crippen LogP contribution in [0.5, 0.6) is 0 Å². The fraction of sp³-hybridized carbons (Fsp3) is 0.278. The van der Waals surface area contributed by atoms with Gasteiger partial charge >= 0.3 is 0 Å². The van der Waals surface area contributed by atoms with Gasteiger partial charge in [0.25, 0.3) is 5.91 Å². The highest BCUT2D eigenvalue weighted by Gasteiger charge is 2.14. The Morgan fingerprint density at radius 2 is 1.68 bits per heavy atom. The second-order valence-corrected chi connectivity index (χ2v) is 7.84. The zero-order chi connectivity index (χ0) is 18.6. The van der Waals surface area contributed by atoms with Gasteiger partial charge < -0.3 is 5.32 Å². The Morgan fingerprint density at radius 3 is 2.16 bits per heavy atom. The summed E-state index contributed by atoms with van der Waals surface area (Å²) in [6, 6.07) is 10.4. The van der Waals surface area contributed by atoms with Crippen molar-refractivity contribution in [2.45, 2.75) is 26.7 Å². The van der Waals surface area contributed by atoms with Crippen molar-refractivity contribution in [2.75, 3.05) is 16.3 Å². The normalized spacial score (nSPS) is 11.2. The average Bonchev–Trinajstić information content (AvgIpc) is 2.55. The van der Waals surface area contributed by atoms with Gasteiger partial charge in [-0.15, -0.1) is 0 Å². The largest absolute Gasteiger partial charge is 0.321 e. The molecular weight excluding hydrogens is 360 g/mol. The number of sulfonamides is 1. The monoisotopic (exact) mass is 380 g/mol. The van der Waals surface area contributed by atoms with Crippen molar-refractivity contribution in [1.82, 2.24) is 0 Å². The average molecular weight is 381 g/mol. The standard InChI is InChI=1S/C18H21ClN2O3S/c1-4-12-7-6-8-13(5-2)17(12)20-18(22)14-9-10-16(15(19)11-14)21-25(3,23)24/h6-11,21H,4-5H2,1-3H3,(H,20,22). The van der Waals surface area contributed by atoms with Crippen molar-refractivity contribution in [3.63, 3.8) is 0 Å². The quantitative estimate of drug-likeness (QED) is 0.792. The molecule has 0 saturated carbocycles. The molecule has 7 heteroatoms. The maximum Gasteiger partial charge on any atom is 0.255 e. The van der Waals surface area contributed by atoms with Crippen LogP contribution >= 0.6 is 11.6 Å². The van der Waals surface area contributed by atoms with Crippen LogP contribution in [0, 0.1) is 0 Å². The molecule has 0 fully saturated rings. The van der Waals surface area contributed by atoms with Crippen LogP contribution in [0.4, 0.5) is 11.4 Å². The molecule has 0 atom stereocenters. The number of benzene rings is 2. The first-order valence-electron chi connectivity index (χ1n) is 7.94. The van der Waals surface area contributed by atoms with Crippen LogP contribution in [-0.4, -0.2) is 20.6 Å². The zero-order valence-corrected chi connectivity index (χ0v) is 16.0. The van der Waals surface area contributed by atoms with Crippen molar-refractivity contribution in [3.8, 4) is 0 Å². The van der Waals surface area contributed by atoms with Gasteiger partial charge in [-0.1, -0.05) is 43.6 Å². The van der Waals surface area contributed by atoms with E-state index in [2.05, 4.69) is 10.0 Å². The molecule has 0 aliphatic heterocycles. The molecule has 0 unspecified atom stereocenters. The zero-order valence-electron chi connectivity index (χ0n) is 14.4. The van der Waals surface area contributed by atoms with Gasteiger partial charge in [0, 0.05) is 11.3 Å². The molecule has 0 heterocycles. The molecule has 0 spiro atoms.